The number of rotatable bonds is 11. The Morgan fingerprint density at radius 3 is 1.80 bits per heavy atom. The minimum absolute atomic E-state index is 0.0307. The number of carbonyl (C=O) groups excluding carboxylic acids is 1. The molecule has 0 aromatic heterocycles. The van der Waals surface area contributed by atoms with Crippen molar-refractivity contribution in [3.8, 4) is 0 Å². The second-order valence-corrected chi connectivity index (χ2v) is 4.29. The minimum Gasteiger partial charge on any atom is -0.298 e. The molecule has 0 saturated carbocycles. The summed E-state index contributed by atoms with van der Waals surface area (Å²) >= 11 is 0. The summed E-state index contributed by atoms with van der Waals surface area (Å²) in [7, 11) is 0. The number of nitrogens with one attached hydrogen (secondary N) is 1. The first kappa shape index (κ1) is 14.6. The Balaban J connectivity index is 2.95. The third-order valence-electron chi connectivity index (χ3n) is 2.76. The molecule has 0 fully saturated rings. The predicted octanol–water partition coefficient (Wildman–Crippen LogP) is 3.76. The lowest BCUT2D eigenvalue weighted by molar-refractivity contribution is -0.117. The zero-order chi connectivity index (χ0) is 11.4. The Hall–Kier alpha value is -0.370. The van der Waals surface area contributed by atoms with Crippen molar-refractivity contribution in [3.63, 3.8) is 0 Å². The maximum atomic E-state index is 10.8. The molecule has 0 rings (SSSR count). The number of hydrogen-bond acceptors (Lipinski definition) is 1. The van der Waals surface area contributed by atoms with Gasteiger partial charge in [0.1, 0.15) is 5.78 Å². The van der Waals surface area contributed by atoms with Crippen molar-refractivity contribution in [1.29, 1.82) is 0 Å². The summed E-state index contributed by atoms with van der Waals surface area (Å²) < 4.78 is 0. The van der Waals surface area contributed by atoms with Crippen LogP contribution in [0.4, 0.5) is 0 Å². The lowest BCUT2D eigenvalue weighted by Crippen LogP contribution is -2.04. The lowest BCUT2D eigenvalue weighted by atomic mass is 10.1. The van der Waals surface area contributed by atoms with Crippen LogP contribution in [0.1, 0.15) is 71.1 Å². The van der Waals surface area contributed by atoms with E-state index in [4.69, 9.17) is 5.73 Å². The van der Waals surface area contributed by atoms with Crippen LogP contribution < -0.4 is 5.73 Å². The average Bonchev–Trinajstić information content (AvgIpc) is 2.26. The van der Waals surface area contributed by atoms with Gasteiger partial charge in [-0.3, -0.25) is 10.5 Å². The summed E-state index contributed by atoms with van der Waals surface area (Å²) in [6, 6.07) is 0. The van der Waals surface area contributed by atoms with Crippen LogP contribution in [0, 0.1) is 0 Å². The van der Waals surface area contributed by atoms with Gasteiger partial charge in [0.25, 0.3) is 0 Å². The van der Waals surface area contributed by atoms with Gasteiger partial charge in [0.15, 0.2) is 0 Å². The Morgan fingerprint density at radius 2 is 1.33 bits per heavy atom. The number of hydrogen-bond donors (Lipinski definition) is 0. The summed E-state index contributed by atoms with van der Waals surface area (Å²) in [5, 5.41) is 0. The van der Waals surface area contributed by atoms with E-state index in [-0.39, 0.29) is 12.3 Å². The smallest absolute Gasteiger partial charge is 0.148 e. The third-order valence-corrected chi connectivity index (χ3v) is 2.76. The van der Waals surface area contributed by atoms with E-state index in [2.05, 4.69) is 6.92 Å². The molecule has 0 aliphatic heterocycles. The molecule has 0 unspecified atom stereocenters. The van der Waals surface area contributed by atoms with Gasteiger partial charge in [0.2, 0.25) is 0 Å². The highest BCUT2D eigenvalue weighted by molar-refractivity contribution is 5.79. The standard InChI is InChI=1S/C13H26NO/c1-2-3-4-5-6-7-8-9-10-11-13(15)12-14/h14H,2-12H2,1H3. The Morgan fingerprint density at radius 1 is 0.867 bits per heavy atom. The van der Waals surface area contributed by atoms with Gasteiger partial charge >= 0.3 is 0 Å². The van der Waals surface area contributed by atoms with Gasteiger partial charge in [-0.1, -0.05) is 58.3 Å². The average molecular weight is 212 g/mol. The normalized spacial score (nSPS) is 10.5. The molecule has 0 aliphatic carbocycles. The Labute approximate surface area is 94.6 Å². The number of Topliss-reactive ketones (excluding diaryl/α,β-unsaturated/α-hetero) is 1. The van der Waals surface area contributed by atoms with E-state index in [1.165, 1.54) is 51.4 Å². The Kier molecular flexibility index (Phi) is 11.4. The van der Waals surface area contributed by atoms with Crippen LogP contribution >= 0.6 is 0 Å². The van der Waals surface area contributed by atoms with Crippen molar-refractivity contribution in [2.45, 2.75) is 71.1 Å². The van der Waals surface area contributed by atoms with E-state index in [0.717, 1.165) is 6.42 Å². The van der Waals surface area contributed by atoms with Gasteiger partial charge in [0.05, 0.1) is 6.54 Å². The topological polar surface area (TPSA) is 40.9 Å². The molecule has 0 saturated heterocycles. The number of carbonyl (C=O) groups is 1. The molecular weight excluding hydrogens is 186 g/mol. The van der Waals surface area contributed by atoms with Crippen LogP contribution in [0.25, 0.3) is 0 Å². The van der Waals surface area contributed by atoms with Crippen LogP contribution in [0.5, 0.6) is 0 Å². The van der Waals surface area contributed by atoms with Gasteiger partial charge in [-0.15, -0.1) is 0 Å². The van der Waals surface area contributed by atoms with E-state index in [9.17, 15) is 4.79 Å². The molecule has 2 heteroatoms. The van der Waals surface area contributed by atoms with E-state index in [1.807, 2.05) is 0 Å². The maximum absolute atomic E-state index is 10.8. The fourth-order valence-corrected chi connectivity index (χ4v) is 1.72. The van der Waals surface area contributed by atoms with Gasteiger partial charge < -0.3 is 0 Å². The van der Waals surface area contributed by atoms with Crippen LogP contribution in [0.3, 0.4) is 0 Å². The summed E-state index contributed by atoms with van der Waals surface area (Å²) in [4.78, 5) is 10.8. The molecule has 0 aromatic carbocycles. The quantitative estimate of drug-likeness (QED) is 0.481. The zero-order valence-corrected chi connectivity index (χ0v) is 10.2. The summed E-state index contributed by atoms with van der Waals surface area (Å²) in [6.07, 6.45) is 12.2. The lowest BCUT2D eigenvalue weighted by Gasteiger charge is -2.01. The molecule has 0 spiro atoms. The van der Waals surface area contributed by atoms with Crippen LogP contribution in [0.2, 0.25) is 0 Å². The first-order chi connectivity index (χ1) is 7.31. The largest absolute Gasteiger partial charge is 0.298 e. The summed E-state index contributed by atoms with van der Waals surface area (Å²) in [5.41, 5.74) is 6.87. The van der Waals surface area contributed by atoms with Crippen molar-refractivity contribution in [2.75, 3.05) is 6.54 Å². The van der Waals surface area contributed by atoms with E-state index >= 15 is 0 Å². The zero-order valence-electron chi connectivity index (χ0n) is 10.2. The molecule has 0 atom stereocenters. The highest BCUT2D eigenvalue weighted by atomic mass is 16.1. The Bertz CT molecular complexity index is 145. The molecule has 0 aromatic rings. The van der Waals surface area contributed by atoms with Crippen LogP contribution in [-0.4, -0.2) is 12.3 Å². The molecule has 89 valence electrons. The fourth-order valence-electron chi connectivity index (χ4n) is 1.72. The van der Waals surface area contributed by atoms with Crippen molar-refractivity contribution in [3.05, 3.63) is 0 Å². The number of ketones is 1. The molecular formula is C13H26NO. The second-order valence-electron chi connectivity index (χ2n) is 4.29. The molecule has 2 nitrogen and oxygen atoms in total. The molecule has 0 bridgehead atoms. The molecule has 0 heterocycles. The fraction of sp³-hybridized carbons (Fsp3) is 0.923. The van der Waals surface area contributed by atoms with Gasteiger partial charge in [-0.2, -0.15) is 0 Å². The van der Waals surface area contributed by atoms with Crippen LogP contribution in [0.15, 0.2) is 0 Å². The van der Waals surface area contributed by atoms with Crippen molar-refractivity contribution >= 4 is 5.78 Å². The van der Waals surface area contributed by atoms with E-state index in [0.29, 0.717) is 6.42 Å². The first-order valence-electron chi connectivity index (χ1n) is 6.47. The summed E-state index contributed by atoms with van der Waals surface area (Å²) in [5.74, 6) is 0.0953. The molecule has 1 N–H and O–H groups in total. The molecule has 15 heavy (non-hydrogen) atoms. The highest BCUT2D eigenvalue weighted by Gasteiger charge is 1.98. The third kappa shape index (κ3) is 11.6. The molecule has 1 radical (unpaired) electrons. The predicted molar refractivity (Wildman–Crippen MR) is 64.8 cm³/mol. The monoisotopic (exact) mass is 212 g/mol. The van der Waals surface area contributed by atoms with E-state index < -0.39 is 0 Å². The van der Waals surface area contributed by atoms with Gasteiger partial charge in [-0.05, 0) is 6.42 Å². The number of unbranched alkanes of at least 4 members (excludes halogenated alkanes) is 8. The van der Waals surface area contributed by atoms with E-state index in [1.54, 1.807) is 0 Å². The van der Waals surface area contributed by atoms with Gasteiger partial charge in [-0.25, -0.2) is 0 Å². The molecule has 0 amide bonds. The highest BCUT2D eigenvalue weighted by Crippen LogP contribution is 2.10. The summed E-state index contributed by atoms with van der Waals surface area (Å²) in [6.45, 7) is 2.21. The van der Waals surface area contributed by atoms with Crippen molar-refractivity contribution in [1.82, 2.24) is 5.73 Å². The van der Waals surface area contributed by atoms with Crippen molar-refractivity contribution < 1.29 is 4.79 Å². The van der Waals surface area contributed by atoms with Gasteiger partial charge in [0, 0.05) is 6.42 Å². The maximum Gasteiger partial charge on any atom is 0.148 e. The van der Waals surface area contributed by atoms with Crippen molar-refractivity contribution in [2.24, 2.45) is 0 Å². The molecule has 0 aliphatic rings. The van der Waals surface area contributed by atoms with Crippen LogP contribution in [-0.2, 0) is 4.79 Å². The minimum atomic E-state index is -0.0307. The second kappa shape index (κ2) is 11.7. The first-order valence-corrected chi connectivity index (χ1v) is 6.47. The SMILES string of the molecule is CCCCCCCCCCCC(=O)C[NH].